The summed E-state index contributed by atoms with van der Waals surface area (Å²) in [5, 5.41) is 4.00. The Kier molecular flexibility index (Phi) is 4.00. The van der Waals surface area contributed by atoms with Gasteiger partial charge in [-0.15, -0.1) is 11.3 Å². The van der Waals surface area contributed by atoms with Gasteiger partial charge in [0.15, 0.2) is 0 Å². The maximum absolute atomic E-state index is 12.6. The highest BCUT2D eigenvalue weighted by molar-refractivity contribution is 7.18. The summed E-state index contributed by atoms with van der Waals surface area (Å²) in [5.41, 5.74) is 0.473. The Hall–Kier alpha value is -1.95. The molecule has 2 heterocycles. The predicted molar refractivity (Wildman–Crippen MR) is 91.7 cm³/mol. The zero-order valence-electron chi connectivity index (χ0n) is 13.4. The number of hydrogen-bond acceptors (Lipinski definition) is 5. The van der Waals surface area contributed by atoms with Crippen molar-refractivity contribution in [3.63, 3.8) is 0 Å². The Labute approximate surface area is 144 Å². The van der Waals surface area contributed by atoms with Crippen molar-refractivity contribution >= 4 is 33.4 Å². The first-order chi connectivity index (χ1) is 11.7. The second-order valence-electron chi connectivity index (χ2n) is 6.62. The third kappa shape index (κ3) is 2.79. The number of ether oxygens (including phenoxy) is 1. The maximum atomic E-state index is 12.6. The van der Waals surface area contributed by atoms with Crippen LogP contribution in [0, 0.1) is 5.92 Å². The number of carbonyl (C=O) groups is 2. The van der Waals surface area contributed by atoms with Gasteiger partial charge in [-0.3, -0.25) is 9.59 Å². The zero-order valence-corrected chi connectivity index (χ0v) is 14.2. The van der Waals surface area contributed by atoms with Crippen LogP contribution in [0.2, 0.25) is 0 Å². The minimum absolute atomic E-state index is 0.0520. The zero-order chi connectivity index (χ0) is 16.6. The molecule has 1 aliphatic carbocycles. The quantitative estimate of drug-likeness (QED) is 0.866. The molecule has 1 spiro atoms. The highest BCUT2D eigenvalue weighted by atomic mass is 32.1. The van der Waals surface area contributed by atoms with E-state index in [1.165, 1.54) is 4.70 Å². The third-order valence-electron chi connectivity index (χ3n) is 5.07. The third-order valence-corrected chi connectivity index (χ3v) is 6.16. The molecule has 2 aliphatic rings. The Morgan fingerprint density at radius 1 is 1.33 bits per heavy atom. The highest BCUT2D eigenvalue weighted by Gasteiger charge is 2.53. The molecule has 1 N–H and O–H groups in total. The van der Waals surface area contributed by atoms with Crippen LogP contribution in [0.3, 0.4) is 0 Å². The number of rotatable bonds is 4. The molecule has 1 saturated heterocycles. The summed E-state index contributed by atoms with van der Waals surface area (Å²) in [6, 6.07) is 8.04. The molecule has 1 unspecified atom stereocenters. The molecule has 1 atom stereocenters. The monoisotopic (exact) mass is 344 g/mol. The van der Waals surface area contributed by atoms with Crippen LogP contribution in [0.25, 0.3) is 10.2 Å². The van der Waals surface area contributed by atoms with Crippen LogP contribution in [0.15, 0.2) is 24.3 Å². The molecule has 1 saturated carbocycles. The fourth-order valence-electron chi connectivity index (χ4n) is 3.89. The van der Waals surface area contributed by atoms with E-state index in [0.29, 0.717) is 13.0 Å². The molecule has 1 aromatic carbocycles. The summed E-state index contributed by atoms with van der Waals surface area (Å²) in [7, 11) is 0. The van der Waals surface area contributed by atoms with Crippen LogP contribution in [-0.2, 0) is 20.7 Å². The summed E-state index contributed by atoms with van der Waals surface area (Å²) in [6.45, 7) is 0.541. The number of amides is 1. The Bertz CT molecular complexity index is 746. The fourth-order valence-corrected chi connectivity index (χ4v) is 4.86. The number of carbonyl (C=O) groups excluding carboxylic acids is 2. The molecule has 24 heavy (non-hydrogen) atoms. The molecule has 4 rings (SSSR count). The smallest absolute Gasteiger partial charge is 0.307 e. The van der Waals surface area contributed by atoms with Crippen molar-refractivity contribution in [2.45, 2.75) is 44.1 Å². The van der Waals surface area contributed by atoms with E-state index in [9.17, 15) is 9.59 Å². The number of nitrogens with zero attached hydrogens (tertiary/aromatic N) is 1. The van der Waals surface area contributed by atoms with Gasteiger partial charge in [0.25, 0.3) is 0 Å². The van der Waals surface area contributed by atoms with Gasteiger partial charge in [-0.05, 0) is 37.8 Å². The summed E-state index contributed by atoms with van der Waals surface area (Å²) >= 11 is 1.66. The van der Waals surface area contributed by atoms with Gasteiger partial charge >= 0.3 is 5.97 Å². The average molecular weight is 344 g/mol. The molecule has 1 aromatic heterocycles. The molecule has 1 aliphatic heterocycles. The van der Waals surface area contributed by atoms with E-state index >= 15 is 0 Å². The second kappa shape index (κ2) is 6.16. The first-order valence-electron chi connectivity index (χ1n) is 8.50. The minimum Gasteiger partial charge on any atom is -0.458 e. The number of aromatic nitrogens is 1. The Morgan fingerprint density at radius 2 is 2.12 bits per heavy atom. The molecule has 1 amide bonds. The van der Waals surface area contributed by atoms with Crippen molar-refractivity contribution in [2.24, 2.45) is 5.92 Å². The standard InChI is InChI=1S/C18H20N2O3S/c21-16-11-12(18(23-16)8-3-4-9-18)17(22)19-10-7-15-20-13-5-1-2-6-14(13)24-15/h1-2,5-6,12H,3-4,7-11H2,(H,19,22). The molecule has 126 valence electrons. The van der Waals surface area contributed by atoms with Crippen molar-refractivity contribution < 1.29 is 14.3 Å². The number of hydrogen-bond donors (Lipinski definition) is 1. The normalized spacial score (nSPS) is 22.2. The van der Waals surface area contributed by atoms with Crippen LogP contribution in [-0.4, -0.2) is 29.0 Å². The van der Waals surface area contributed by atoms with E-state index in [4.69, 9.17) is 4.74 Å². The lowest BCUT2D eigenvalue weighted by Crippen LogP contribution is -2.43. The van der Waals surface area contributed by atoms with Gasteiger partial charge in [0.05, 0.1) is 27.6 Å². The number of esters is 1. The average Bonchev–Trinajstić information content (AvgIpc) is 3.26. The molecule has 2 aromatic rings. The van der Waals surface area contributed by atoms with Crippen molar-refractivity contribution in [3.05, 3.63) is 29.3 Å². The van der Waals surface area contributed by atoms with E-state index < -0.39 is 5.60 Å². The van der Waals surface area contributed by atoms with Crippen LogP contribution in [0.4, 0.5) is 0 Å². The summed E-state index contributed by atoms with van der Waals surface area (Å²) in [4.78, 5) is 28.8. The van der Waals surface area contributed by atoms with E-state index in [1.807, 2.05) is 18.2 Å². The molecule has 2 fully saturated rings. The molecule has 6 heteroatoms. The van der Waals surface area contributed by atoms with Gasteiger partial charge in [-0.25, -0.2) is 4.98 Å². The van der Waals surface area contributed by atoms with Crippen LogP contribution < -0.4 is 5.32 Å². The van der Waals surface area contributed by atoms with Crippen molar-refractivity contribution in [3.8, 4) is 0 Å². The molecular weight excluding hydrogens is 324 g/mol. The maximum Gasteiger partial charge on any atom is 0.307 e. The van der Waals surface area contributed by atoms with Crippen molar-refractivity contribution in [1.29, 1.82) is 0 Å². The number of benzene rings is 1. The minimum atomic E-state index is -0.531. The van der Waals surface area contributed by atoms with Crippen LogP contribution >= 0.6 is 11.3 Å². The molecule has 0 radical (unpaired) electrons. The van der Waals surface area contributed by atoms with Gasteiger partial charge in [0.2, 0.25) is 5.91 Å². The lowest BCUT2D eigenvalue weighted by atomic mass is 9.85. The van der Waals surface area contributed by atoms with E-state index in [-0.39, 0.29) is 24.2 Å². The summed E-state index contributed by atoms with van der Waals surface area (Å²) in [5.74, 6) is -0.616. The lowest BCUT2D eigenvalue weighted by Gasteiger charge is -2.27. The van der Waals surface area contributed by atoms with Gasteiger partial charge < -0.3 is 10.1 Å². The van der Waals surface area contributed by atoms with Crippen molar-refractivity contribution in [1.82, 2.24) is 10.3 Å². The predicted octanol–water partition coefficient (Wildman–Crippen LogP) is 2.83. The van der Waals surface area contributed by atoms with E-state index in [1.54, 1.807) is 11.3 Å². The molecule has 5 nitrogen and oxygen atoms in total. The van der Waals surface area contributed by atoms with Gasteiger partial charge in [-0.1, -0.05) is 12.1 Å². The topological polar surface area (TPSA) is 68.3 Å². The van der Waals surface area contributed by atoms with E-state index in [0.717, 1.165) is 36.2 Å². The molecule has 0 bridgehead atoms. The van der Waals surface area contributed by atoms with Crippen LogP contribution in [0.5, 0.6) is 0 Å². The van der Waals surface area contributed by atoms with Crippen LogP contribution in [0.1, 0.15) is 37.1 Å². The van der Waals surface area contributed by atoms with Gasteiger partial charge in [-0.2, -0.15) is 0 Å². The Balaban J connectivity index is 1.37. The first kappa shape index (κ1) is 15.6. The fraction of sp³-hybridized carbons (Fsp3) is 0.500. The Morgan fingerprint density at radius 3 is 2.92 bits per heavy atom. The summed E-state index contributed by atoms with van der Waals surface area (Å²) in [6.07, 6.45) is 4.61. The molecular formula is C18H20N2O3S. The largest absolute Gasteiger partial charge is 0.458 e. The highest BCUT2D eigenvalue weighted by Crippen LogP contribution is 2.45. The lowest BCUT2D eigenvalue weighted by molar-refractivity contribution is -0.149. The first-order valence-corrected chi connectivity index (χ1v) is 9.32. The SMILES string of the molecule is O=C1CC(C(=O)NCCc2nc3ccccc3s2)C2(CCCC2)O1. The van der Waals surface area contributed by atoms with Crippen molar-refractivity contribution in [2.75, 3.05) is 6.54 Å². The van der Waals surface area contributed by atoms with E-state index in [2.05, 4.69) is 16.4 Å². The van der Waals surface area contributed by atoms with Gasteiger partial charge in [0, 0.05) is 13.0 Å². The number of thiazole rings is 1. The number of para-hydroxylation sites is 1. The number of fused-ring (bicyclic) bond motifs is 1. The van der Waals surface area contributed by atoms with Gasteiger partial charge in [0.1, 0.15) is 5.60 Å². The number of nitrogens with one attached hydrogen (secondary N) is 1. The second-order valence-corrected chi connectivity index (χ2v) is 7.73. The summed E-state index contributed by atoms with van der Waals surface area (Å²) < 4.78 is 6.70.